The number of para-hydroxylation sites is 1. The van der Waals surface area contributed by atoms with Crippen molar-refractivity contribution >= 4 is 17.4 Å². The van der Waals surface area contributed by atoms with Crippen molar-refractivity contribution in [2.24, 2.45) is 0 Å². The van der Waals surface area contributed by atoms with Crippen molar-refractivity contribution in [3.63, 3.8) is 0 Å². The number of hydrogen-bond acceptors (Lipinski definition) is 5. The van der Waals surface area contributed by atoms with Crippen LogP contribution in [0.1, 0.15) is 29.7 Å². The molecule has 5 rings (SSSR count). The van der Waals surface area contributed by atoms with Gasteiger partial charge in [-0.15, -0.1) is 0 Å². The van der Waals surface area contributed by atoms with Crippen LogP contribution >= 0.6 is 0 Å². The number of hydrogen-bond donors (Lipinski definition) is 0. The number of fused-ring (bicyclic) bond motifs is 5. The van der Waals surface area contributed by atoms with Crippen molar-refractivity contribution < 1.29 is 18.7 Å². The predicted molar refractivity (Wildman–Crippen MR) is 92.2 cm³/mol. The van der Waals surface area contributed by atoms with Crippen LogP contribution in [0.2, 0.25) is 0 Å². The van der Waals surface area contributed by atoms with Crippen LogP contribution in [0.15, 0.2) is 50.9 Å². The number of allylic oxidation sites excluding steroid dienone is 1. The van der Waals surface area contributed by atoms with Crippen LogP contribution in [0, 0.1) is 6.92 Å². The molecular weight excluding hydrogens is 334 g/mol. The van der Waals surface area contributed by atoms with E-state index < -0.39 is 11.0 Å². The van der Waals surface area contributed by atoms with Gasteiger partial charge in [-0.3, -0.25) is 9.59 Å². The smallest absolute Gasteiger partial charge is 0.344 e. The number of ether oxygens (including phenoxy) is 1. The molecule has 1 atom stereocenters. The summed E-state index contributed by atoms with van der Waals surface area (Å²) in [4.78, 5) is 40.7. The molecule has 1 spiro atoms. The molecule has 2 aromatic rings. The number of benzene rings is 1. The Morgan fingerprint density at radius 2 is 1.88 bits per heavy atom. The summed E-state index contributed by atoms with van der Waals surface area (Å²) in [5.41, 5.74) is -0.463. The lowest BCUT2D eigenvalue weighted by Gasteiger charge is -2.34. The van der Waals surface area contributed by atoms with Gasteiger partial charge in [0.1, 0.15) is 28.2 Å². The fourth-order valence-corrected chi connectivity index (χ4v) is 4.46. The van der Waals surface area contributed by atoms with Crippen LogP contribution in [-0.2, 0) is 15.0 Å². The number of amides is 1. The lowest BCUT2D eigenvalue weighted by Crippen LogP contribution is -2.47. The van der Waals surface area contributed by atoms with Crippen LogP contribution in [0.25, 0.3) is 0 Å². The Kier molecular flexibility index (Phi) is 2.75. The van der Waals surface area contributed by atoms with E-state index in [4.69, 9.17) is 9.15 Å². The maximum Gasteiger partial charge on any atom is 0.344 e. The van der Waals surface area contributed by atoms with Crippen LogP contribution < -0.4 is 15.3 Å². The molecule has 3 heterocycles. The minimum atomic E-state index is -1.49. The molecule has 0 fully saturated rings. The van der Waals surface area contributed by atoms with Crippen LogP contribution in [0.3, 0.4) is 0 Å². The number of likely N-dealkylation sites (N-methyl/N-ethyl adjacent to an activating group) is 1. The Labute approximate surface area is 148 Å². The molecule has 3 aliphatic rings. The summed E-state index contributed by atoms with van der Waals surface area (Å²) < 4.78 is 11.2. The van der Waals surface area contributed by atoms with Gasteiger partial charge in [0.2, 0.25) is 5.91 Å². The average Bonchev–Trinajstić information content (AvgIpc) is 3.08. The zero-order valence-electron chi connectivity index (χ0n) is 14.3. The molecule has 0 unspecified atom stereocenters. The maximum absolute atomic E-state index is 13.5. The highest BCUT2D eigenvalue weighted by Crippen LogP contribution is 2.56. The number of nitrogens with zero attached hydrogens (tertiary/aromatic N) is 1. The first-order valence-electron chi connectivity index (χ1n) is 8.44. The molecule has 0 saturated heterocycles. The van der Waals surface area contributed by atoms with E-state index in [1.165, 1.54) is 4.90 Å². The maximum atomic E-state index is 13.5. The lowest BCUT2D eigenvalue weighted by molar-refractivity contribution is -0.123. The summed E-state index contributed by atoms with van der Waals surface area (Å²) in [6.45, 7) is 1.65. The van der Waals surface area contributed by atoms with Crippen molar-refractivity contribution in [1.82, 2.24) is 0 Å². The minimum absolute atomic E-state index is 0.0962. The predicted octanol–water partition coefficient (Wildman–Crippen LogP) is 2.22. The Morgan fingerprint density at radius 3 is 2.69 bits per heavy atom. The summed E-state index contributed by atoms with van der Waals surface area (Å²) >= 11 is 0. The number of rotatable bonds is 0. The average molecular weight is 349 g/mol. The van der Waals surface area contributed by atoms with E-state index in [9.17, 15) is 14.4 Å². The minimum Gasteiger partial charge on any atom is -0.460 e. The fourth-order valence-electron chi connectivity index (χ4n) is 4.46. The van der Waals surface area contributed by atoms with Gasteiger partial charge in [0.15, 0.2) is 5.78 Å². The summed E-state index contributed by atoms with van der Waals surface area (Å²) in [5.74, 6) is 0.673. The first-order valence-corrected chi connectivity index (χ1v) is 8.44. The van der Waals surface area contributed by atoms with Gasteiger partial charge in [0, 0.05) is 37.2 Å². The van der Waals surface area contributed by atoms with E-state index >= 15 is 0 Å². The summed E-state index contributed by atoms with van der Waals surface area (Å²) in [6, 6.07) is 8.84. The normalized spacial score (nSPS) is 23.2. The third kappa shape index (κ3) is 1.55. The summed E-state index contributed by atoms with van der Waals surface area (Å²) in [6.07, 6.45) is 0.692. The Hall–Kier alpha value is -3.15. The molecular formula is C20H15NO5. The highest BCUT2D eigenvalue weighted by atomic mass is 16.5. The summed E-state index contributed by atoms with van der Waals surface area (Å²) in [5, 5.41) is 0. The van der Waals surface area contributed by atoms with Gasteiger partial charge in [-0.25, -0.2) is 4.79 Å². The molecule has 1 aromatic carbocycles. The van der Waals surface area contributed by atoms with E-state index in [1.807, 2.05) is 12.1 Å². The second kappa shape index (κ2) is 4.72. The number of ketones is 1. The third-order valence-corrected chi connectivity index (χ3v) is 5.45. The molecule has 6 nitrogen and oxygen atoms in total. The number of Topliss-reactive ketones (excluding diaryl/α,β-unsaturated/α-hetero) is 1. The third-order valence-electron chi connectivity index (χ3n) is 5.45. The first-order chi connectivity index (χ1) is 12.5. The van der Waals surface area contributed by atoms with Crippen molar-refractivity contribution in [3.8, 4) is 5.75 Å². The van der Waals surface area contributed by atoms with Crippen LogP contribution in [0.5, 0.6) is 5.75 Å². The van der Waals surface area contributed by atoms with E-state index in [0.29, 0.717) is 34.9 Å². The first kappa shape index (κ1) is 15.1. The van der Waals surface area contributed by atoms with Gasteiger partial charge in [0.05, 0.1) is 5.57 Å². The van der Waals surface area contributed by atoms with Gasteiger partial charge >= 0.3 is 5.63 Å². The molecule has 0 N–H and O–H groups in total. The van der Waals surface area contributed by atoms with Gasteiger partial charge in [-0.05, 0) is 13.0 Å². The van der Waals surface area contributed by atoms with E-state index in [1.54, 1.807) is 32.2 Å². The second-order valence-electron chi connectivity index (χ2n) is 6.84. The SMILES string of the molecule is Cc1cc2c(c(=O)o1)[C@@]1(C(=O)N(C)c3ccccc31)C1=C(CCC1=O)O2. The van der Waals surface area contributed by atoms with Crippen molar-refractivity contribution in [3.05, 3.63) is 69.0 Å². The molecule has 1 aromatic heterocycles. The van der Waals surface area contributed by atoms with E-state index in [0.717, 1.165) is 0 Å². The number of carbonyl (C=O) groups is 2. The fraction of sp³-hybridized carbons (Fsp3) is 0.250. The number of carbonyl (C=O) groups excluding carboxylic acids is 2. The Balaban J connectivity index is 1.99. The number of aryl methyl sites for hydroxylation is 1. The molecule has 2 aliphatic heterocycles. The van der Waals surface area contributed by atoms with Crippen molar-refractivity contribution in [2.75, 3.05) is 11.9 Å². The molecule has 1 aliphatic carbocycles. The van der Waals surface area contributed by atoms with E-state index in [-0.39, 0.29) is 29.2 Å². The molecule has 26 heavy (non-hydrogen) atoms. The van der Waals surface area contributed by atoms with Crippen LogP contribution in [0.4, 0.5) is 5.69 Å². The molecule has 0 bridgehead atoms. The van der Waals surface area contributed by atoms with Crippen molar-refractivity contribution in [2.45, 2.75) is 25.2 Å². The highest BCUT2D eigenvalue weighted by Gasteiger charge is 2.62. The standard InChI is InChI=1S/C20H15NO5/c1-10-9-15-17(18(23)25-10)20(16-13(22)7-8-14(16)26-15)11-5-3-4-6-12(11)21(2)19(20)24/h3-6,9H,7-8H2,1-2H3/t20-/m0/s1. The monoisotopic (exact) mass is 349 g/mol. The van der Waals surface area contributed by atoms with Gasteiger partial charge < -0.3 is 14.1 Å². The summed E-state index contributed by atoms with van der Waals surface area (Å²) in [7, 11) is 1.65. The Morgan fingerprint density at radius 1 is 1.12 bits per heavy atom. The van der Waals surface area contributed by atoms with E-state index in [2.05, 4.69) is 0 Å². The molecule has 130 valence electrons. The quantitative estimate of drug-likeness (QED) is 0.729. The topological polar surface area (TPSA) is 76.8 Å². The van der Waals surface area contributed by atoms with Gasteiger partial charge in [-0.2, -0.15) is 0 Å². The van der Waals surface area contributed by atoms with Crippen molar-refractivity contribution in [1.29, 1.82) is 0 Å². The highest BCUT2D eigenvalue weighted by molar-refractivity contribution is 6.20. The molecule has 1 amide bonds. The van der Waals surface area contributed by atoms with Gasteiger partial charge in [-0.1, -0.05) is 18.2 Å². The number of anilines is 1. The van der Waals surface area contributed by atoms with Gasteiger partial charge in [0.25, 0.3) is 0 Å². The molecule has 0 radical (unpaired) electrons. The molecule has 0 saturated carbocycles. The zero-order valence-corrected chi connectivity index (χ0v) is 14.3. The largest absolute Gasteiger partial charge is 0.460 e. The van der Waals surface area contributed by atoms with Crippen LogP contribution in [-0.4, -0.2) is 18.7 Å². The second-order valence-corrected chi connectivity index (χ2v) is 6.84. The molecule has 6 heteroatoms. The lowest BCUT2D eigenvalue weighted by atomic mass is 9.68. The zero-order chi connectivity index (χ0) is 18.2. The Bertz CT molecular complexity index is 1110.